The lowest BCUT2D eigenvalue weighted by molar-refractivity contribution is -0.139. The zero-order valence-electron chi connectivity index (χ0n) is 30.3. The van der Waals surface area contributed by atoms with Gasteiger partial charge in [0.25, 0.3) is 5.91 Å². The van der Waals surface area contributed by atoms with Gasteiger partial charge in [-0.05, 0) is 76.8 Å². The van der Waals surface area contributed by atoms with Crippen LogP contribution in [-0.4, -0.2) is 79.1 Å². The molecule has 0 spiro atoms. The molecule has 0 aliphatic carbocycles. The minimum atomic E-state index is -1.62. The highest BCUT2D eigenvalue weighted by Crippen LogP contribution is 2.27. The van der Waals surface area contributed by atoms with Gasteiger partial charge in [0.2, 0.25) is 17.7 Å². The lowest BCUT2D eigenvalue weighted by Gasteiger charge is -2.31. The van der Waals surface area contributed by atoms with Gasteiger partial charge in [-0.3, -0.25) is 19.2 Å². The maximum atomic E-state index is 14.1. The lowest BCUT2D eigenvalue weighted by Crippen LogP contribution is -2.57. The fourth-order valence-electron chi connectivity index (χ4n) is 6.11. The predicted molar refractivity (Wildman–Crippen MR) is 187 cm³/mol. The third kappa shape index (κ3) is 13.1. The summed E-state index contributed by atoms with van der Waals surface area (Å²) in [5, 5.41) is 19.9. The quantitative estimate of drug-likeness (QED) is 0.239. The highest BCUT2D eigenvalue weighted by Gasteiger charge is 2.36. The first-order chi connectivity index (χ1) is 22.8. The normalized spacial score (nSPS) is 22.7. The average molecular weight is 673 g/mol. The number of allylic oxidation sites excluding steroid dienone is 2. The zero-order valence-corrected chi connectivity index (χ0v) is 30.3. The van der Waals surface area contributed by atoms with E-state index in [1.165, 1.54) is 0 Å². The number of rotatable bonds is 12. The summed E-state index contributed by atoms with van der Waals surface area (Å²) < 4.78 is 10.9. The molecule has 0 radical (unpaired) electrons. The Labute approximate surface area is 287 Å². The first kappa shape index (κ1) is 40.6. The van der Waals surface area contributed by atoms with Gasteiger partial charge in [0.1, 0.15) is 17.5 Å². The first-order valence-corrected chi connectivity index (χ1v) is 17.5. The van der Waals surface area contributed by atoms with E-state index in [0.29, 0.717) is 24.3 Å². The molecule has 5 atom stereocenters. The molecule has 0 aromatic heterocycles. The molecule has 0 saturated carbocycles. The summed E-state index contributed by atoms with van der Waals surface area (Å²) in [6.07, 6.45) is 8.02. The molecule has 1 aliphatic rings. The van der Waals surface area contributed by atoms with Gasteiger partial charge in [0, 0.05) is 43.1 Å². The molecule has 11 nitrogen and oxygen atoms in total. The Morgan fingerprint density at radius 1 is 1.04 bits per heavy atom. The van der Waals surface area contributed by atoms with Crippen molar-refractivity contribution < 1.29 is 33.8 Å². The fraction of sp³-hybridized carbons (Fsp3) is 0.676. The number of aliphatic hydroxyl groups is 1. The van der Waals surface area contributed by atoms with Crippen molar-refractivity contribution in [2.24, 2.45) is 17.8 Å². The Balaban J connectivity index is 2.49. The van der Waals surface area contributed by atoms with Crippen LogP contribution >= 0.6 is 0 Å². The number of amides is 4. The number of hydrogen-bond acceptors (Lipinski definition) is 7. The van der Waals surface area contributed by atoms with Crippen LogP contribution in [0.25, 0.3) is 0 Å². The molecule has 1 aliphatic heterocycles. The van der Waals surface area contributed by atoms with Gasteiger partial charge in [0.15, 0.2) is 6.10 Å². The van der Waals surface area contributed by atoms with E-state index in [0.717, 1.165) is 44.1 Å². The predicted octanol–water partition coefficient (Wildman–Crippen LogP) is 4.51. The summed E-state index contributed by atoms with van der Waals surface area (Å²) >= 11 is 0. The zero-order chi connectivity index (χ0) is 35.8. The van der Waals surface area contributed by atoms with Crippen molar-refractivity contribution in [3.05, 3.63) is 35.9 Å². The second kappa shape index (κ2) is 20.7. The van der Waals surface area contributed by atoms with Gasteiger partial charge >= 0.3 is 0 Å². The van der Waals surface area contributed by atoms with Crippen molar-refractivity contribution in [2.45, 2.75) is 123 Å². The van der Waals surface area contributed by atoms with Crippen LogP contribution in [0.4, 0.5) is 0 Å². The number of hydrogen-bond donors (Lipinski definition) is 4. The minimum Gasteiger partial charge on any atom is -0.497 e. The second-order valence-electron chi connectivity index (χ2n) is 13.7. The highest BCUT2D eigenvalue weighted by atomic mass is 16.5. The van der Waals surface area contributed by atoms with Crippen LogP contribution in [0.1, 0.15) is 98.0 Å². The van der Waals surface area contributed by atoms with E-state index in [9.17, 15) is 24.3 Å². The Bertz CT molecular complexity index is 1220. The molecule has 5 unspecified atom stereocenters. The third-order valence-corrected chi connectivity index (χ3v) is 8.68. The number of carbonyl (C=O) groups is 4. The summed E-state index contributed by atoms with van der Waals surface area (Å²) in [5.41, 5.74) is 0.785. The molecule has 4 N–H and O–H groups in total. The molecular weight excluding hydrogens is 612 g/mol. The number of nitrogens with one attached hydrogen (secondary N) is 3. The maximum absolute atomic E-state index is 14.1. The van der Waals surface area contributed by atoms with Gasteiger partial charge in [0.05, 0.1) is 20.3 Å². The molecule has 270 valence electrons. The summed E-state index contributed by atoms with van der Waals surface area (Å²) in [6, 6.07) is 3.22. The smallest absolute Gasteiger partial charge is 0.251 e. The second-order valence-corrected chi connectivity index (χ2v) is 13.7. The van der Waals surface area contributed by atoms with Crippen LogP contribution in [0.15, 0.2) is 30.4 Å². The lowest BCUT2D eigenvalue weighted by atomic mass is 9.90. The van der Waals surface area contributed by atoms with E-state index < -0.39 is 35.9 Å². The molecule has 1 aromatic rings. The van der Waals surface area contributed by atoms with E-state index in [-0.39, 0.29) is 42.7 Å². The van der Waals surface area contributed by atoms with Gasteiger partial charge in [-0.25, -0.2) is 0 Å². The van der Waals surface area contributed by atoms with Crippen molar-refractivity contribution in [1.29, 1.82) is 0 Å². The van der Waals surface area contributed by atoms with Gasteiger partial charge < -0.3 is 35.4 Å². The largest absolute Gasteiger partial charge is 0.497 e. The van der Waals surface area contributed by atoms with Crippen molar-refractivity contribution in [2.75, 3.05) is 21.3 Å². The molecule has 2 rings (SSSR count). The number of ether oxygens (including phenoxy) is 2. The number of carbonyl (C=O) groups excluding carboxylic acids is 4. The van der Waals surface area contributed by atoms with Crippen molar-refractivity contribution in [3.63, 3.8) is 0 Å². The molecule has 11 heteroatoms. The summed E-state index contributed by atoms with van der Waals surface area (Å²) in [5.74, 6) is -1.05. The maximum Gasteiger partial charge on any atom is 0.251 e. The van der Waals surface area contributed by atoms with Crippen molar-refractivity contribution in [1.82, 2.24) is 20.9 Å². The van der Waals surface area contributed by atoms with Crippen LogP contribution in [0.3, 0.4) is 0 Å². The van der Waals surface area contributed by atoms with E-state index in [1.54, 1.807) is 52.1 Å². The molecule has 1 heterocycles. The van der Waals surface area contributed by atoms with Gasteiger partial charge in [-0.15, -0.1) is 0 Å². The Morgan fingerprint density at radius 3 is 2.40 bits per heavy atom. The van der Waals surface area contributed by atoms with E-state index in [1.807, 2.05) is 39.0 Å². The monoisotopic (exact) mass is 672 g/mol. The number of nitrogens with zero attached hydrogens (tertiary/aromatic N) is 1. The standard InChI is InChI=1S/C37H60N4O7/c1-9-15-26-16-13-11-10-12-14-17-27(37(46)41(6)23-28-18-19-29(47-7)22-32(28)48-8)21-30(33(42)36(45)38-25(4)5)39-35(44)31(20-24(2)3)40-34(26)43/h12,14,18-19,22,24-27,30-31,33,42H,9-11,13,15-17,20-21,23H2,1-8H3,(H,38,45)(H,39,44)(H,40,43)/b14-12+. The van der Waals surface area contributed by atoms with Crippen molar-refractivity contribution in [3.8, 4) is 11.5 Å². The average Bonchev–Trinajstić information content (AvgIpc) is 3.04. The van der Waals surface area contributed by atoms with Crippen LogP contribution < -0.4 is 25.4 Å². The highest BCUT2D eigenvalue weighted by molar-refractivity contribution is 5.90. The molecule has 0 saturated heterocycles. The van der Waals surface area contributed by atoms with E-state index in [2.05, 4.69) is 16.0 Å². The topological polar surface area (TPSA) is 146 Å². The van der Waals surface area contributed by atoms with E-state index >= 15 is 0 Å². The summed E-state index contributed by atoms with van der Waals surface area (Å²) in [7, 11) is 4.83. The van der Waals surface area contributed by atoms with Crippen LogP contribution in [0.2, 0.25) is 0 Å². The number of methoxy groups -OCH3 is 2. The molecule has 1 aromatic carbocycles. The van der Waals surface area contributed by atoms with Crippen molar-refractivity contribution >= 4 is 23.6 Å². The van der Waals surface area contributed by atoms with Crippen LogP contribution in [0, 0.1) is 17.8 Å². The third-order valence-electron chi connectivity index (χ3n) is 8.68. The van der Waals surface area contributed by atoms with Gasteiger partial charge in [-0.1, -0.05) is 45.8 Å². The summed E-state index contributed by atoms with van der Waals surface area (Å²) in [4.78, 5) is 56.1. The minimum absolute atomic E-state index is 0.00644. The molecular formula is C37H60N4O7. The molecule has 0 fully saturated rings. The number of benzene rings is 1. The summed E-state index contributed by atoms with van der Waals surface area (Å²) in [6.45, 7) is 9.80. The first-order valence-electron chi connectivity index (χ1n) is 17.5. The van der Waals surface area contributed by atoms with E-state index in [4.69, 9.17) is 9.47 Å². The van der Waals surface area contributed by atoms with Gasteiger partial charge in [-0.2, -0.15) is 0 Å². The molecule has 4 amide bonds. The SMILES string of the molecule is CCCC1CCCC/C=C/CC(C(=O)N(C)Cc2ccc(OC)cc2OC)CC(C(O)C(=O)NC(C)C)NC(=O)C(CC(C)C)NC1=O. The van der Waals surface area contributed by atoms with Crippen LogP contribution in [0.5, 0.6) is 11.5 Å². The fourth-order valence-corrected chi connectivity index (χ4v) is 6.11. The molecule has 48 heavy (non-hydrogen) atoms. The van der Waals surface area contributed by atoms with Crippen LogP contribution in [-0.2, 0) is 25.7 Å². The Hall–Kier alpha value is -3.60. The Morgan fingerprint density at radius 2 is 1.77 bits per heavy atom. The number of aliphatic hydroxyl groups excluding tert-OH is 1. The molecule has 0 bridgehead atoms. The Kier molecular flexibility index (Phi) is 17.5.